The number of amides is 1. The van der Waals surface area contributed by atoms with Gasteiger partial charge in [0.2, 0.25) is 5.75 Å². The molecule has 0 aliphatic carbocycles. The Morgan fingerprint density at radius 3 is 2.12 bits per heavy atom. The smallest absolute Gasteiger partial charge is 0.318 e. The molecule has 214 valence electrons. The van der Waals surface area contributed by atoms with Gasteiger partial charge in [0.25, 0.3) is 11.6 Å². The van der Waals surface area contributed by atoms with E-state index in [9.17, 15) is 30.1 Å². The highest BCUT2D eigenvalue weighted by Crippen LogP contribution is 2.43. The minimum Gasteiger partial charge on any atom is -0.490 e. The fourth-order valence-electron chi connectivity index (χ4n) is 4.02. The molecule has 13 heteroatoms. The summed E-state index contributed by atoms with van der Waals surface area (Å²) < 4.78 is 11.8. The number of nitro benzene ring substituents is 2. The van der Waals surface area contributed by atoms with E-state index >= 15 is 0 Å². The largest absolute Gasteiger partial charge is 0.490 e. The van der Waals surface area contributed by atoms with Crippen LogP contribution in [0, 0.1) is 20.2 Å². The first-order valence-electron chi connectivity index (χ1n) is 12.4. The van der Waals surface area contributed by atoms with Crippen LogP contribution in [0.1, 0.15) is 23.6 Å². The maximum absolute atomic E-state index is 13.3. The average Bonchev–Trinajstić information content (AvgIpc) is 2.99. The molecule has 12 nitrogen and oxygen atoms in total. The average molecular weight is 635 g/mol. The van der Waals surface area contributed by atoms with Gasteiger partial charge in [-0.1, -0.05) is 60.7 Å². The zero-order chi connectivity index (χ0) is 30.3. The van der Waals surface area contributed by atoms with Crippen molar-refractivity contribution < 1.29 is 29.2 Å². The summed E-state index contributed by atoms with van der Waals surface area (Å²) in [5, 5.41) is 38.2. The van der Waals surface area contributed by atoms with E-state index in [1.807, 2.05) is 0 Å². The Hall–Kier alpha value is -5.14. The second kappa shape index (κ2) is 13.0. The first kappa shape index (κ1) is 29.8. The number of hydrazone groups is 1. The molecule has 42 heavy (non-hydrogen) atoms. The fraction of sp³-hybridized carbons (Fsp3) is 0.103. The van der Waals surface area contributed by atoms with Crippen LogP contribution in [-0.2, 0) is 10.4 Å². The van der Waals surface area contributed by atoms with E-state index in [0.29, 0.717) is 21.2 Å². The highest BCUT2D eigenvalue weighted by Gasteiger charge is 2.39. The Morgan fingerprint density at radius 2 is 1.57 bits per heavy atom. The molecule has 0 bridgehead atoms. The lowest BCUT2D eigenvalue weighted by Crippen LogP contribution is -2.43. The second-order valence-corrected chi connectivity index (χ2v) is 9.53. The summed E-state index contributed by atoms with van der Waals surface area (Å²) >= 11 is 3.37. The van der Waals surface area contributed by atoms with Gasteiger partial charge in [-0.3, -0.25) is 25.0 Å². The lowest BCUT2D eigenvalue weighted by molar-refractivity contribution is -0.394. The molecule has 4 aromatic carbocycles. The fourth-order valence-corrected chi connectivity index (χ4v) is 4.56. The molecule has 1 amide bonds. The van der Waals surface area contributed by atoms with E-state index < -0.39 is 32.7 Å². The number of nitro groups is 2. The number of hydrogen-bond donors (Lipinski definition) is 2. The van der Waals surface area contributed by atoms with Crippen molar-refractivity contribution in [1.29, 1.82) is 0 Å². The maximum Gasteiger partial charge on any atom is 0.318 e. The van der Waals surface area contributed by atoms with E-state index in [0.717, 1.165) is 18.2 Å². The molecule has 0 spiro atoms. The summed E-state index contributed by atoms with van der Waals surface area (Å²) in [6.45, 7) is 1.94. The summed E-state index contributed by atoms with van der Waals surface area (Å²) in [7, 11) is 0. The first-order chi connectivity index (χ1) is 20.1. The summed E-state index contributed by atoms with van der Waals surface area (Å²) in [5.41, 5.74) is 0.462. The summed E-state index contributed by atoms with van der Waals surface area (Å²) in [6.07, 6.45) is 1.32. The highest BCUT2D eigenvalue weighted by atomic mass is 79.9. The van der Waals surface area contributed by atoms with E-state index in [1.165, 1.54) is 12.3 Å². The number of carbonyl (C=O) groups excluding carboxylic acids is 1. The Bertz CT molecular complexity index is 1610. The molecular formula is C29H23BrN4O8. The molecule has 2 N–H and O–H groups in total. The number of carbonyl (C=O) groups is 1. The molecule has 0 aliphatic heterocycles. The predicted molar refractivity (Wildman–Crippen MR) is 157 cm³/mol. The number of non-ortho nitro benzene ring substituents is 1. The molecule has 0 atom stereocenters. The normalized spacial score (nSPS) is 11.2. The molecule has 0 heterocycles. The third kappa shape index (κ3) is 6.43. The van der Waals surface area contributed by atoms with Crippen LogP contribution in [0.25, 0.3) is 0 Å². The van der Waals surface area contributed by atoms with Crippen molar-refractivity contribution in [3.05, 3.63) is 132 Å². The molecule has 0 fully saturated rings. The van der Waals surface area contributed by atoms with Crippen LogP contribution in [0.15, 0.2) is 101 Å². The number of rotatable bonds is 11. The quantitative estimate of drug-likeness (QED) is 0.118. The monoisotopic (exact) mass is 634 g/mol. The molecule has 0 saturated heterocycles. The maximum atomic E-state index is 13.3. The second-order valence-electron chi connectivity index (χ2n) is 8.67. The van der Waals surface area contributed by atoms with Crippen LogP contribution < -0.4 is 14.9 Å². The van der Waals surface area contributed by atoms with Gasteiger partial charge in [0.05, 0.1) is 33.2 Å². The van der Waals surface area contributed by atoms with Gasteiger partial charge in [-0.15, -0.1) is 0 Å². The number of halogens is 1. The number of nitrogens with one attached hydrogen (secondary N) is 1. The lowest BCUT2D eigenvalue weighted by atomic mass is 9.85. The topological polar surface area (TPSA) is 166 Å². The third-order valence-corrected chi connectivity index (χ3v) is 6.57. The van der Waals surface area contributed by atoms with Gasteiger partial charge in [-0.25, -0.2) is 5.43 Å². The van der Waals surface area contributed by atoms with Gasteiger partial charge in [0, 0.05) is 6.07 Å². The van der Waals surface area contributed by atoms with Crippen molar-refractivity contribution in [2.75, 3.05) is 6.61 Å². The Balaban J connectivity index is 1.62. The standard InChI is InChI=1S/C29H23BrN4O8/c1-2-41-26-16-19(15-23(30)27(26)42-25-14-13-22(33(37)38)17-24(25)34(39)40)18-31-32-28(35)29(36,20-9-5-3-6-10-20)21-11-7-4-8-12-21/h3-18,36H,2H2,1H3,(H,32,35)/b31-18-. The molecule has 0 unspecified atom stereocenters. The Morgan fingerprint density at radius 1 is 0.952 bits per heavy atom. The van der Waals surface area contributed by atoms with Crippen molar-refractivity contribution in [1.82, 2.24) is 5.43 Å². The zero-order valence-corrected chi connectivity index (χ0v) is 23.6. The minimum atomic E-state index is -2.02. The SMILES string of the molecule is CCOc1cc(/C=N\NC(=O)C(O)(c2ccccc2)c2ccccc2)cc(Br)c1Oc1ccc([N+](=O)[O-])cc1[N+](=O)[O-]. The number of ether oxygens (including phenoxy) is 2. The zero-order valence-electron chi connectivity index (χ0n) is 22.0. The lowest BCUT2D eigenvalue weighted by Gasteiger charge is -2.27. The Labute approximate surface area is 247 Å². The number of benzene rings is 4. The van der Waals surface area contributed by atoms with E-state index in [-0.39, 0.29) is 23.9 Å². The van der Waals surface area contributed by atoms with Gasteiger partial charge in [-0.2, -0.15) is 5.10 Å². The first-order valence-corrected chi connectivity index (χ1v) is 13.2. The van der Waals surface area contributed by atoms with Crippen LogP contribution in [0.4, 0.5) is 11.4 Å². The van der Waals surface area contributed by atoms with Gasteiger partial charge in [0.1, 0.15) is 0 Å². The van der Waals surface area contributed by atoms with Crippen LogP contribution >= 0.6 is 15.9 Å². The molecular weight excluding hydrogens is 612 g/mol. The summed E-state index contributed by atoms with van der Waals surface area (Å²) in [4.78, 5) is 34.4. The van der Waals surface area contributed by atoms with Gasteiger partial charge < -0.3 is 14.6 Å². The van der Waals surface area contributed by atoms with Crippen molar-refractivity contribution in [3.8, 4) is 17.2 Å². The van der Waals surface area contributed by atoms with Crippen LogP contribution in [0.5, 0.6) is 17.2 Å². The van der Waals surface area contributed by atoms with Crippen LogP contribution in [0.3, 0.4) is 0 Å². The molecule has 0 saturated carbocycles. The molecule has 0 radical (unpaired) electrons. The van der Waals surface area contributed by atoms with Gasteiger partial charge in [0.15, 0.2) is 17.1 Å². The molecule has 0 aromatic heterocycles. The van der Waals surface area contributed by atoms with E-state index in [4.69, 9.17) is 9.47 Å². The molecule has 0 aliphatic rings. The van der Waals surface area contributed by atoms with Crippen molar-refractivity contribution in [2.45, 2.75) is 12.5 Å². The third-order valence-electron chi connectivity index (χ3n) is 5.99. The van der Waals surface area contributed by atoms with Crippen LogP contribution in [0.2, 0.25) is 0 Å². The van der Waals surface area contributed by atoms with Gasteiger partial charge in [-0.05, 0) is 57.7 Å². The predicted octanol–water partition coefficient (Wildman–Crippen LogP) is 5.84. The number of nitrogens with zero attached hydrogens (tertiary/aromatic N) is 3. The van der Waals surface area contributed by atoms with Gasteiger partial charge >= 0.3 is 5.69 Å². The van der Waals surface area contributed by atoms with E-state index in [1.54, 1.807) is 73.7 Å². The highest BCUT2D eigenvalue weighted by molar-refractivity contribution is 9.10. The van der Waals surface area contributed by atoms with Crippen molar-refractivity contribution in [2.24, 2.45) is 5.10 Å². The summed E-state index contributed by atoms with van der Waals surface area (Å²) in [6, 6.07) is 23.0. The van der Waals surface area contributed by atoms with Crippen molar-refractivity contribution >= 4 is 39.4 Å². The number of aliphatic hydroxyl groups is 1. The summed E-state index contributed by atoms with van der Waals surface area (Å²) in [5.74, 6) is -0.761. The van der Waals surface area contributed by atoms with Crippen LogP contribution in [-0.4, -0.2) is 33.7 Å². The molecule has 4 aromatic rings. The van der Waals surface area contributed by atoms with Crippen molar-refractivity contribution in [3.63, 3.8) is 0 Å². The number of hydrogen-bond acceptors (Lipinski definition) is 9. The van der Waals surface area contributed by atoms with E-state index in [2.05, 4.69) is 26.5 Å². The Kier molecular flexibility index (Phi) is 9.25. The minimum absolute atomic E-state index is 0.0810. The molecule has 4 rings (SSSR count).